The zero-order valence-corrected chi connectivity index (χ0v) is 8.80. The normalized spacial score (nSPS) is 14.8. The van der Waals surface area contributed by atoms with Gasteiger partial charge in [0.25, 0.3) is 0 Å². The van der Waals surface area contributed by atoms with E-state index in [0.717, 1.165) is 17.2 Å². The van der Waals surface area contributed by atoms with Crippen molar-refractivity contribution >= 4 is 5.95 Å². The third kappa shape index (κ3) is 2.00. The molecule has 2 aromatic rings. The average molecular weight is 212 g/mol. The Hall–Kier alpha value is -1.97. The Morgan fingerprint density at radius 3 is 2.62 bits per heavy atom. The molecule has 0 atom stereocenters. The summed E-state index contributed by atoms with van der Waals surface area (Å²) in [7, 11) is 0. The summed E-state index contributed by atoms with van der Waals surface area (Å²) in [6.45, 7) is 0. The molecule has 1 saturated carbocycles. The van der Waals surface area contributed by atoms with Crippen LogP contribution in [0.4, 0.5) is 5.95 Å². The summed E-state index contributed by atoms with van der Waals surface area (Å²) in [5.74, 6) is 0.719. The highest BCUT2D eigenvalue weighted by Crippen LogP contribution is 2.23. The molecule has 1 aliphatic rings. The summed E-state index contributed by atoms with van der Waals surface area (Å²) >= 11 is 0. The standard InChI is InChI=1S/C12H12N4/c1-2-10(1)15-12-14-8-5-11(16-12)9-3-6-13-7-4-9/h3-8,10H,1-2H2,(H,14,15,16). The zero-order chi connectivity index (χ0) is 10.8. The van der Waals surface area contributed by atoms with Crippen molar-refractivity contribution in [3.05, 3.63) is 36.8 Å². The van der Waals surface area contributed by atoms with Crippen LogP contribution in [0.25, 0.3) is 11.3 Å². The summed E-state index contributed by atoms with van der Waals surface area (Å²) in [5, 5.41) is 3.29. The lowest BCUT2D eigenvalue weighted by Gasteiger charge is -2.04. The van der Waals surface area contributed by atoms with E-state index in [1.54, 1.807) is 18.6 Å². The van der Waals surface area contributed by atoms with Crippen LogP contribution in [0.15, 0.2) is 36.8 Å². The van der Waals surface area contributed by atoms with Gasteiger partial charge < -0.3 is 5.32 Å². The molecule has 1 aliphatic carbocycles. The number of pyridine rings is 1. The Labute approximate surface area is 93.8 Å². The second-order valence-electron chi connectivity index (χ2n) is 3.92. The minimum atomic E-state index is 0.577. The van der Waals surface area contributed by atoms with Crippen LogP contribution in [0.1, 0.15) is 12.8 Å². The molecule has 0 aliphatic heterocycles. The number of hydrogen-bond donors (Lipinski definition) is 1. The van der Waals surface area contributed by atoms with Gasteiger partial charge in [0, 0.05) is 30.2 Å². The molecular formula is C12H12N4. The van der Waals surface area contributed by atoms with Crippen LogP contribution in [0.2, 0.25) is 0 Å². The van der Waals surface area contributed by atoms with E-state index in [2.05, 4.69) is 20.3 Å². The fourth-order valence-electron chi connectivity index (χ4n) is 1.52. The van der Waals surface area contributed by atoms with Gasteiger partial charge in [-0.2, -0.15) is 0 Å². The number of aromatic nitrogens is 3. The number of rotatable bonds is 3. The number of nitrogens with zero attached hydrogens (tertiary/aromatic N) is 3. The molecule has 80 valence electrons. The van der Waals surface area contributed by atoms with Gasteiger partial charge in [0.1, 0.15) is 0 Å². The summed E-state index contributed by atoms with van der Waals surface area (Å²) in [5.41, 5.74) is 2.00. The predicted molar refractivity (Wildman–Crippen MR) is 61.9 cm³/mol. The van der Waals surface area contributed by atoms with Crippen LogP contribution in [0.3, 0.4) is 0 Å². The quantitative estimate of drug-likeness (QED) is 0.846. The van der Waals surface area contributed by atoms with E-state index in [9.17, 15) is 0 Å². The van der Waals surface area contributed by atoms with E-state index in [1.807, 2.05) is 18.2 Å². The molecule has 0 bridgehead atoms. The van der Waals surface area contributed by atoms with E-state index in [-0.39, 0.29) is 0 Å². The van der Waals surface area contributed by atoms with E-state index >= 15 is 0 Å². The fraction of sp³-hybridized carbons (Fsp3) is 0.250. The molecule has 1 N–H and O–H groups in total. The molecule has 1 fully saturated rings. The second-order valence-corrected chi connectivity index (χ2v) is 3.92. The number of nitrogens with one attached hydrogen (secondary N) is 1. The van der Waals surface area contributed by atoms with Crippen LogP contribution in [-0.4, -0.2) is 21.0 Å². The molecule has 4 nitrogen and oxygen atoms in total. The smallest absolute Gasteiger partial charge is 0.223 e. The molecule has 0 amide bonds. The fourth-order valence-corrected chi connectivity index (χ4v) is 1.52. The Morgan fingerprint density at radius 2 is 1.88 bits per heavy atom. The largest absolute Gasteiger partial charge is 0.351 e. The zero-order valence-electron chi connectivity index (χ0n) is 8.80. The van der Waals surface area contributed by atoms with Crippen molar-refractivity contribution in [1.82, 2.24) is 15.0 Å². The van der Waals surface area contributed by atoms with E-state index in [0.29, 0.717) is 6.04 Å². The monoisotopic (exact) mass is 212 g/mol. The average Bonchev–Trinajstić information content (AvgIpc) is 3.15. The maximum Gasteiger partial charge on any atom is 0.223 e. The first-order chi connectivity index (χ1) is 7.92. The van der Waals surface area contributed by atoms with Crippen LogP contribution >= 0.6 is 0 Å². The minimum Gasteiger partial charge on any atom is -0.351 e. The summed E-state index contributed by atoms with van der Waals surface area (Å²) in [6.07, 6.45) is 7.77. The van der Waals surface area contributed by atoms with Gasteiger partial charge in [-0.15, -0.1) is 0 Å². The van der Waals surface area contributed by atoms with Gasteiger partial charge in [-0.3, -0.25) is 4.98 Å². The van der Waals surface area contributed by atoms with Crippen molar-refractivity contribution in [2.24, 2.45) is 0 Å². The Morgan fingerprint density at radius 1 is 1.06 bits per heavy atom. The van der Waals surface area contributed by atoms with Gasteiger partial charge in [-0.1, -0.05) is 0 Å². The van der Waals surface area contributed by atoms with Gasteiger partial charge in [0.2, 0.25) is 5.95 Å². The Balaban J connectivity index is 1.89. The Kier molecular flexibility index (Phi) is 2.25. The number of anilines is 1. The van der Waals surface area contributed by atoms with Crippen LogP contribution in [0.5, 0.6) is 0 Å². The van der Waals surface area contributed by atoms with Crippen molar-refractivity contribution in [1.29, 1.82) is 0 Å². The van der Waals surface area contributed by atoms with Crippen molar-refractivity contribution in [3.63, 3.8) is 0 Å². The van der Waals surface area contributed by atoms with Gasteiger partial charge >= 0.3 is 0 Å². The molecule has 3 rings (SSSR count). The van der Waals surface area contributed by atoms with E-state index in [1.165, 1.54) is 12.8 Å². The maximum absolute atomic E-state index is 4.47. The van der Waals surface area contributed by atoms with Gasteiger partial charge in [0.05, 0.1) is 5.69 Å². The first kappa shape index (κ1) is 9.27. The first-order valence-electron chi connectivity index (χ1n) is 5.42. The summed E-state index contributed by atoms with van der Waals surface area (Å²) in [4.78, 5) is 12.7. The van der Waals surface area contributed by atoms with E-state index in [4.69, 9.17) is 0 Å². The molecule has 0 unspecified atom stereocenters. The van der Waals surface area contributed by atoms with Crippen molar-refractivity contribution in [2.45, 2.75) is 18.9 Å². The van der Waals surface area contributed by atoms with Gasteiger partial charge in [-0.25, -0.2) is 9.97 Å². The van der Waals surface area contributed by atoms with Gasteiger partial charge in [-0.05, 0) is 31.0 Å². The molecule has 0 aromatic carbocycles. The number of hydrogen-bond acceptors (Lipinski definition) is 4. The lowest BCUT2D eigenvalue weighted by molar-refractivity contribution is 1.06. The molecule has 0 saturated heterocycles. The second kappa shape index (κ2) is 3.89. The van der Waals surface area contributed by atoms with Crippen LogP contribution in [0, 0.1) is 0 Å². The highest BCUT2D eigenvalue weighted by molar-refractivity contribution is 5.59. The third-order valence-corrected chi connectivity index (χ3v) is 2.54. The summed E-state index contributed by atoms with van der Waals surface area (Å²) < 4.78 is 0. The third-order valence-electron chi connectivity index (χ3n) is 2.54. The first-order valence-corrected chi connectivity index (χ1v) is 5.42. The van der Waals surface area contributed by atoms with Crippen molar-refractivity contribution in [3.8, 4) is 11.3 Å². The molecule has 4 heteroatoms. The highest BCUT2D eigenvalue weighted by atomic mass is 15.1. The lowest BCUT2D eigenvalue weighted by atomic mass is 10.2. The van der Waals surface area contributed by atoms with E-state index < -0.39 is 0 Å². The molecule has 2 aromatic heterocycles. The molecule has 0 radical (unpaired) electrons. The van der Waals surface area contributed by atoms with Crippen LogP contribution < -0.4 is 5.32 Å². The predicted octanol–water partition coefficient (Wildman–Crippen LogP) is 2.11. The minimum absolute atomic E-state index is 0.577. The SMILES string of the molecule is c1cc(-c2ccnc(NC3CC3)n2)ccn1. The van der Waals surface area contributed by atoms with Crippen molar-refractivity contribution in [2.75, 3.05) is 5.32 Å². The van der Waals surface area contributed by atoms with Crippen molar-refractivity contribution < 1.29 is 0 Å². The highest BCUT2D eigenvalue weighted by Gasteiger charge is 2.21. The topological polar surface area (TPSA) is 50.7 Å². The summed E-state index contributed by atoms with van der Waals surface area (Å²) in [6, 6.07) is 6.38. The lowest BCUT2D eigenvalue weighted by Crippen LogP contribution is -2.05. The molecule has 16 heavy (non-hydrogen) atoms. The molecule has 0 spiro atoms. The molecule has 2 heterocycles. The Bertz CT molecular complexity index is 479. The van der Waals surface area contributed by atoms with Crippen LogP contribution in [-0.2, 0) is 0 Å². The molecular weight excluding hydrogens is 200 g/mol. The van der Waals surface area contributed by atoms with Gasteiger partial charge in [0.15, 0.2) is 0 Å². The maximum atomic E-state index is 4.47.